The van der Waals surface area contributed by atoms with E-state index in [9.17, 15) is 0 Å². The maximum Gasteiger partial charge on any atom is 0.224 e. The molecule has 0 atom stereocenters. The summed E-state index contributed by atoms with van der Waals surface area (Å²) in [6, 6.07) is 2.04. The zero-order valence-corrected chi connectivity index (χ0v) is 11.3. The molecule has 1 N–H and O–H groups in total. The molecule has 0 amide bonds. The van der Waals surface area contributed by atoms with Crippen LogP contribution in [-0.2, 0) is 13.0 Å². The van der Waals surface area contributed by atoms with E-state index >= 15 is 0 Å². The second-order valence-corrected chi connectivity index (χ2v) is 4.72. The van der Waals surface area contributed by atoms with Gasteiger partial charge in [0.1, 0.15) is 5.65 Å². The van der Waals surface area contributed by atoms with Crippen LogP contribution in [0.15, 0.2) is 12.3 Å². The lowest BCUT2D eigenvalue weighted by molar-refractivity contribution is 0.296. The number of rotatable bonds is 6. The molecule has 98 valence electrons. The Bertz CT molecular complexity index is 524. The van der Waals surface area contributed by atoms with Crippen molar-refractivity contribution in [1.82, 2.24) is 14.5 Å². The zero-order chi connectivity index (χ0) is 13.0. The third-order valence-corrected chi connectivity index (χ3v) is 3.23. The van der Waals surface area contributed by atoms with Crippen molar-refractivity contribution < 1.29 is 5.11 Å². The predicted molar refractivity (Wildman–Crippen MR) is 72.9 cm³/mol. The molecule has 0 aliphatic heterocycles. The molecule has 2 heterocycles. The lowest BCUT2D eigenvalue weighted by atomic mass is 10.2. The van der Waals surface area contributed by atoms with Crippen molar-refractivity contribution in [3.8, 4) is 0 Å². The Morgan fingerprint density at radius 2 is 2.22 bits per heavy atom. The van der Waals surface area contributed by atoms with Crippen molar-refractivity contribution in [2.75, 3.05) is 6.61 Å². The first kappa shape index (κ1) is 13.3. The second-order valence-electron chi connectivity index (χ2n) is 4.39. The third-order valence-electron chi connectivity index (χ3n) is 3.04. The van der Waals surface area contributed by atoms with Crippen LogP contribution < -0.4 is 0 Å². The fourth-order valence-electron chi connectivity index (χ4n) is 2.16. The van der Waals surface area contributed by atoms with E-state index in [1.165, 1.54) is 12.8 Å². The van der Waals surface area contributed by atoms with Crippen LogP contribution in [0.1, 0.15) is 31.9 Å². The van der Waals surface area contributed by atoms with Crippen LogP contribution in [0.3, 0.4) is 0 Å². The lowest BCUT2D eigenvalue weighted by Crippen LogP contribution is -2.06. The number of fused-ring (bicyclic) bond motifs is 1. The van der Waals surface area contributed by atoms with E-state index in [1.807, 2.05) is 6.07 Å². The van der Waals surface area contributed by atoms with Crippen LogP contribution in [0.2, 0.25) is 5.28 Å². The highest BCUT2D eigenvalue weighted by atomic mass is 35.5. The van der Waals surface area contributed by atoms with Gasteiger partial charge in [0.2, 0.25) is 5.28 Å². The van der Waals surface area contributed by atoms with E-state index in [0.717, 1.165) is 29.7 Å². The summed E-state index contributed by atoms with van der Waals surface area (Å²) in [6.45, 7) is 3.24. The lowest BCUT2D eigenvalue weighted by Gasteiger charge is -2.08. The van der Waals surface area contributed by atoms with Crippen molar-refractivity contribution in [1.29, 1.82) is 0 Å². The zero-order valence-electron chi connectivity index (χ0n) is 10.6. The smallest absolute Gasteiger partial charge is 0.224 e. The van der Waals surface area contributed by atoms with Gasteiger partial charge in [0.15, 0.2) is 0 Å². The van der Waals surface area contributed by atoms with Crippen molar-refractivity contribution in [3.63, 3.8) is 0 Å². The summed E-state index contributed by atoms with van der Waals surface area (Å²) >= 11 is 5.85. The van der Waals surface area contributed by atoms with Gasteiger partial charge in [-0.2, -0.15) is 4.98 Å². The van der Waals surface area contributed by atoms with Crippen molar-refractivity contribution in [3.05, 3.63) is 23.2 Å². The molecule has 0 fully saturated rings. The van der Waals surface area contributed by atoms with E-state index in [4.69, 9.17) is 16.7 Å². The topological polar surface area (TPSA) is 50.9 Å². The molecule has 0 unspecified atom stereocenters. The minimum Gasteiger partial charge on any atom is -0.396 e. The van der Waals surface area contributed by atoms with Gasteiger partial charge in [-0.15, -0.1) is 0 Å². The molecule has 18 heavy (non-hydrogen) atoms. The Labute approximate surface area is 112 Å². The normalized spacial score (nSPS) is 11.3. The van der Waals surface area contributed by atoms with Crippen LogP contribution in [-0.4, -0.2) is 26.2 Å². The standard InChI is InChI=1S/C13H18ClN3O/c1-2-3-4-6-17-11(5-7-18)8-10-9-15-13(14)16-12(10)17/h8-9,18H,2-7H2,1H3. The van der Waals surface area contributed by atoms with Gasteiger partial charge < -0.3 is 9.67 Å². The van der Waals surface area contributed by atoms with Gasteiger partial charge in [-0.3, -0.25) is 0 Å². The first-order chi connectivity index (χ1) is 8.76. The molecule has 2 aromatic rings. The van der Waals surface area contributed by atoms with Crippen molar-refractivity contribution >= 4 is 22.6 Å². The average molecular weight is 268 g/mol. The van der Waals surface area contributed by atoms with Gasteiger partial charge in [-0.05, 0) is 24.1 Å². The third kappa shape index (κ3) is 2.82. The molecule has 0 saturated carbocycles. The molecular formula is C13H18ClN3O. The van der Waals surface area contributed by atoms with E-state index in [1.54, 1.807) is 6.20 Å². The molecule has 0 saturated heterocycles. The molecule has 0 aliphatic rings. The number of halogens is 1. The molecule has 0 radical (unpaired) electrons. The molecular weight excluding hydrogens is 250 g/mol. The quantitative estimate of drug-likeness (QED) is 0.647. The summed E-state index contributed by atoms with van der Waals surface area (Å²) in [6.07, 6.45) is 5.86. The molecule has 0 spiro atoms. The number of unbranched alkanes of at least 4 members (excludes halogenated alkanes) is 2. The van der Waals surface area contributed by atoms with Gasteiger partial charge >= 0.3 is 0 Å². The molecule has 4 nitrogen and oxygen atoms in total. The highest BCUT2D eigenvalue weighted by Crippen LogP contribution is 2.20. The molecule has 0 aliphatic carbocycles. The van der Waals surface area contributed by atoms with E-state index < -0.39 is 0 Å². The fourth-order valence-corrected chi connectivity index (χ4v) is 2.29. The van der Waals surface area contributed by atoms with Crippen LogP contribution in [0.25, 0.3) is 11.0 Å². The van der Waals surface area contributed by atoms with Gasteiger partial charge in [-0.1, -0.05) is 19.8 Å². The van der Waals surface area contributed by atoms with Crippen LogP contribution in [0.5, 0.6) is 0 Å². The summed E-state index contributed by atoms with van der Waals surface area (Å²) in [5.74, 6) is 0. The Hall–Kier alpha value is -1.13. The summed E-state index contributed by atoms with van der Waals surface area (Å²) in [5, 5.41) is 10.4. The maximum atomic E-state index is 9.12. The SMILES string of the molecule is CCCCCn1c(CCO)cc2cnc(Cl)nc21. The highest BCUT2D eigenvalue weighted by Gasteiger charge is 2.10. The molecule has 0 aromatic carbocycles. The molecule has 2 rings (SSSR count). The Morgan fingerprint density at radius 3 is 2.94 bits per heavy atom. The number of hydrogen-bond donors (Lipinski definition) is 1. The monoisotopic (exact) mass is 267 g/mol. The minimum atomic E-state index is 0.144. The average Bonchev–Trinajstić information content (AvgIpc) is 2.68. The number of aliphatic hydroxyl groups excluding tert-OH is 1. The first-order valence-corrected chi connectivity index (χ1v) is 6.75. The molecule has 2 aromatic heterocycles. The summed E-state index contributed by atoms with van der Waals surface area (Å²) in [4.78, 5) is 8.29. The second kappa shape index (κ2) is 6.16. The summed E-state index contributed by atoms with van der Waals surface area (Å²) < 4.78 is 2.15. The number of aromatic nitrogens is 3. The fraction of sp³-hybridized carbons (Fsp3) is 0.538. The van der Waals surface area contributed by atoms with Crippen LogP contribution in [0, 0.1) is 0 Å². The van der Waals surface area contributed by atoms with Gasteiger partial charge in [-0.25, -0.2) is 4.98 Å². The Balaban J connectivity index is 2.36. The van der Waals surface area contributed by atoms with E-state index in [0.29, 0.717) is 6.42 Å². The van der Waals surface area contributed by atoms with Crippen molar-refractivity contribution in [2.45, 2.75) is 39.2 Å². The maximum absolute atomic E-state index is 9.12. The van der Waals surface area contributed by atoms with E-state index in [-0.39, 0.29) is 11.9 Å². The minimum absolute atomic E-state index is 0.144. The number of aryl methyl sites for hydroxylation is 1. The summed E-state index contributed by atoms with van der Waals surface area (Å²) in [7, 11) is 0. The number of nitrogens with zero attached hydrogens (tertiary/aromatic N) is 3. The van der Waals surface area contributed by atoms with E-state index in [2.05, 4.69) is 21.5 Å². The van der Waals surface area contributed by atoms with Gasteiger partial charge in [0.25, 0.3) is 0 Å². The largest absolute Gasteiger partial charge is 0.396 e. The van der Waals surface area contributed by atoms with Gasteiger partial charge in [0.05, 0.1) is 0 Å². The highest BCUT2D eigenvalue weighted by molar-refractivity contribution is 6.28. The Morgan fingerprint density at radius 1 is 1.39 bits per heavy atom. The predicted octanol–water partition coefficient (Wildman–Crippen LogP) is 2.81. The Kier molecular flexibility index (Phi) is 4.55. The van der Waals surface area contributed by atoms with Crippen LogP contribution >= 0.6 is 11.6 Å². The first-order valence-electron chi connectivity index (χ1n) is 6.37. The number of hydrogen-bond acceptors (Lipinski definition) is 3. The van der Waals surface area contributed by atoms with Gasteiger partial charge in [0, 0.05) is 36.8 Å². The summed E-state index contributed by atoms with van der Waals surface area (Å²) in [5.41, 5.74) is 1.97. The van der Waals surface area contributed by atoms with Crippen LogP contribution in [0.4, 0.5) is 0 Å². The number of aliphatic hydroxyl groups is 1. The molecule has 5 heteroatoms. The molecule has 0 bridgehead atoms. The van der Waals surface area contributed by atoms with Crippen molar-refractivity contribution in [2.24, 2.45) is 0 Å².